The predicted molar refractivity (Wildman–Crippen MR) is 86.2 cm³/mol. The van der Waals surface area contributed by atoms with E-state index in [0.717, 1.165) is 10.6 Å². The van der Waals surface area contributed by atoms with Crippen molar-refractivity contribution in [1.29, 1.82) is 0 Å². The van der Waals surface area contributed by atoms with Gasteiger partial charge in [0, 0.05) is 22.6 Å². The summed E-state index contributed by atoms with van der Waals surface area (Å²) in [6.45, 7) is 6.19. The predicted octanol–water partition coefficient (Wildman–Crippen LogP) is 3.67. The highest BCUT2D eigenvalue weighted by Crippen LogP contribution is 2.30. The van der Waals surface area contributed by atoms with E-state index in [2.05, 4.69) is 19.2 Å². The lowest BCUT2D eigenvalue weighted by Gasteiger charge is -2.12. The number of nitrogens with one attached hydrogen (secondary N) is 1. The standard InChI is InChI=1S/C14H22N2OS.ClH/c1-10(2)18-13-7-5-4-6-12(13)16-14(17)9-8-11(3)15;/h4-7,10-11H,8-9,15H2,1-3H3,(H,16,17);1H. The zero-order chi connectivity index (χ0) is 13.5. The van der Waals surface area contributed by atoms with E-state index < -0.39 is 0 Å². The van der Waals surface area contributed by atoms with Crippen LogP contribution in [0.1, 0.15) is 33.6 Å². The molecule has 0 aliphatic carbocycles. The summed E-state index contributed by atoms with van der Waals surface area (Å²) in [5.74, 6) is 0.0316. The Bertz CT molecular complexity index is 397. The summed E-state index contributed by atoms with van der Waals surface area (Å²) in [5.41, 5.74) is 6.54. The van der Waals surface area contributed by atoms with E-state index in [1.165, 1.54) is 0 Å². The van der Waals surface area contributed by atoms with Gasteiger partial charge in [0.05, 0.1) is 5.69 Å². The van der Waals surface area contributed by atoms with Crippen LogP contribution in [0.15, 0.2) is 29.2 Å². The summed E-state index contributed by atoms with van der Waals surface area (Å²) < 4.78 is 0. The fraction of sp³-hybridized carbons (Fsp3) is 0.500. The van der Waals surface area contributed by atoms with Crippen molar-refractivity contribution in [2.24, 2.45) is 5.73 Å². The molecule has 0 fully saturated rings. The normalized spacial score (nSPS) is 11.8. The third-order valence-corrected chi connectivity index (χ3v) is 3.43. The minimum absolute atomic E-state index is 0. The molecule has 0 aromatic heterocycles. The minimum Gasteiger partial charge on any atom is -0.328 e. The summed E-state index contributed by atoms with van der Waals surface area (Å²) in [5, 5.41) is 3.45. The molecule has 0 aliphatic rings. The molecule has 1 rings (SSSR count). The van der Waals surface area contributed by atoms with Gasteiger partial charge in [-0.1, -0.05) is 26.0 Å². The lowest BCUT2D eigenvalue weighted by molar-refractivity contribution is -0.116. The molecular weight excluding hydrogens is 280 g/mol. The second-order valence-corrected chi connectivity index (χ2v) is 6.35. The van der Waals surface area contributed by atoms with Crippen molar-refractivity contribution >= 4 is 35.8 Å². The molecule has 0 radical (unpaired) electrons. The van der Waals surface area contributed by atoms with Crippen LogP contribution < -0.4 is 11.1 Å². The summed E-state index contributed by atoms with van der Waals surface area (Å²) in [6.07, 6.45) is 1.18. The first-order valence-corrected chi connectivity index (χ1v) is 7.18. The number of carbonyl (C=O) groups excluding carboxylic acids is 1. The summed E-state index contributed by atoms with van der Waals surface area (Å²) in [6, 6.07) is 7.96. The van der Waals surface area contributed by atoms with Crippen molar-refractivity contribution in [3.63, 3.8) is 0 Å². The number of benzene rings is 1. The molecular formula is C14H23ClN2OS. The number of hydrogen-bond donors (Lipinski definition) is 2. The van der Waals surface area contributed by atoms with E-state index in [-0.39, 0.29) is 24.4 Å². The highest BCUT2D eigenvalue weighted by molar-refractivity contribution is 8.00. The van der Waals surface area contributed by atoms with Crippen molar-refractivity contribution in [3.8, 4) is 0 Å². The van der Waals surface area contributed by atoms with E-state index in [1.54, 1.807) is 11.8 Å². The van der Waals surface area contributed by atoms with Crippen molar-refractivity contribution in [1.82, 2.24) is 0 Å². The van der Waals surface area contributed by atoms with E-state index in [1.807, 2.05) is 31.2 Å². The van der Waals surface area contributed by atoms with Gasteiger partial charge in [-0.05, 0) is 25.5 Å². The minimum atomic E-state index is 0. The second-order valence-electron chi connectivity index (χ2n) is 4.73. The van der Waals surface area contributed by atoms with Gasteiger partial charge >= 0.3 is 0 Å². The molecule has 3 N–H and O–H groups in total. The lowest BCUT2D eigenvalue weighted by Crippen LogP contribution is -2.19. The molecule has 108 valence electrons. The van der Waals surface area contributed by atoms with Crippen LogP contribution in [0, 0.1) is 0 Å². The quantitative estimate of drug-likeness (QED) is 0.788. The number of para-hydroxylation sites is 1. The van der Waals surface area contributed by atoms with Crippen LogP contribution in [-0.2, 0) is 4.79 Å². The Balaban J connectivity index is 0.00000324. The van der Waals surface area contributed by atoms with E-state index in [4.69, 9.17) is 5.73 Å². The van der Waals surface area contributed by atoms with Crippen LogP contribution in [0.2, 0.25) is 0 Å². The van der Waals surface area contributed by atoms with Crippen LogP contribution >= 0.6 is 24.2 Å². The number of nitrogens with two attached hydrogens (primary N) is 1. The Kier molecular flexibility index (Phi) is 8.89. The van der Waals surface area contributed by atoms with Gasteiger partial charge in [-0.3, -0.25) is 4.79 Å². The number of amides is 1. The Morgan fingerprint density at radius 1 is 1.32 bits per heavy atom. The van der Waals surface area contributed by atoms with E-state index in [9.17, 15) is 4.79 Å². The molecule has 1 unspecified atom stereocenters. The topological polar surface area (TPSA) is 55.1 Å². The average molecular weight is 303 g/mol. The Hall–Kier alpha value is -0.710. The SMILES string of the molecule is CC(N)CCC(=O)Nc1ccccc1SC(C)C.Cl. The average Bonchev–Trinajstić information content (AvgIpc) is 2.28. The first kappa shape index (κ1) is 18.3. The first-order valence-electron chi connectivity index (χ1n) is 6.30. The van der Waals surface area contributed by atoms with Gasteiger partial charge in [0.2, 0.25) is 5.91 Å². The Morgan fingerprint density at radius 2 is 1.95 bits per heavy atom. The smallest absolute Gasteiger partial charge is 0.224 e. The maximum Gasteiger partial charge on any atom is 0.224 e. The largest absolute Gasteiger partial charge is 0.328 e. The number of thioether (sulfide) groups is 1. The molecule has 1 amide bonds. The molecule has 1 aromatic carbocycles. The van der Waals surface area contributed by atoms with Crippen molar-refractivity contribution in [2.45, 2.75) is 49.8 Å². The van der Waals surface area contributed by atoms with E-state index >= 15 is 0 Å². The molecule has 0 bridgehead atoms. The van der Waals surface area contributed by atoms with Gasteiger partial charge in [-0.15, -0.1) is 24.2 Å². The van der Waals surface area contributed by atoms with Gasteiger partial charge in [0.15, 0.2) is 0 Å². The molecule has 19 heavy (non-hydrogen) atoms. The first-order chi connectivity index (χ1) is 8.49. The highest BCUT2D eigenvalue weighted by atomic mass is 35.5. The summed E-state index contributed by atoms with van der Waals surface area (Å²) in [7, 11) is 0. The van der Waals surface area contributed by atoms with Crippen LogP contribution in [0.3, 0.4) is 0 Å². The monoisotopic (exact) mass is 302 g/mol. The molecule has 1 aromatic rings. The third-order valence-electron chi connectivity index (χ3n) is 2.35. The molecule has 0 aliphatic heterocycles. The van der Waals surface area contributed by atoms with Gasteiger partial charge in [-0.25, -0.2) is 0 Å². The third kappa shape index (κ3) is 7.45. The number of hydrogen-bond acceptors (Lipinski definition) is 3. The van der Waals surface area contributed by atoms with Crippen LogP contribution in [0.4, 0.5) is 5.69 Å². The number of rotatable bonds is 6. The van der Waals surface area contributed by atoms with E-state index in [0.29, 0.717) is 18.1 Å². The molecule has 0 saturated heterocycles. The summed E-state index contributed by atoms with van der Waals surface area (Å²) >= 11 is 1.75. The number of carbonyl (C=O) groups is 1. The maximum absolute atomic E-state index is 11.8. The van der Waals surface area contributed by atoms with Crippen molar-refractivity contribution in [2.75, 3.05) is 5.32 Å². The number of anilines is 1. The molecule has 1 atom stereocenters. The molecule has 0 spiro atoms. The fourth-order valence-electron chi connectivity index (χ4n) is 1.50. The molecule has 0 heterocycles. The second kappa shape index (κ2) is 9.23. The molecule has 3 nitrogen and oxygen atoms in total. The Morgan fingerprint density at radius 3 is 2.53 bits per heavy atom. The summed E-state index contributed by atoms with van der Waals surface area (Å²) in [4.78, 5) is 12.9. The number of halogens is 1. The van der Waals surface area contributed by atoms with Gasteiger partial charge in [0.25, 0.3) is 0 Å². The Labute approximate surface area is 126 Å². The zero-order valence-corrected chi connectivity index (χ0v) is 13.3. The van der Waals surface area contributed by atoms with Gasteiger partial charge in [-0.2, -0.15) is 0 Å². The fourth-order valence-corrected chi connectivity index (χ4v) is 2.41. The van der Waals surface area contributed by atoms with Gasteiger partial charge < -0.3 is 11.1 Å². The van der Waals surface area contributed by atoms with Crippen LogP contribution in [0.25, 0.3) is 0 Å². The lowest BCUT2D eigenvalue weighted by atomic mass is 10.2. The van der Waals surface area contributed by atoms with Crippen LogP contribution in [0.5, 0.6) is 0 Å². The molecule has 5 heteroatoms. The molecule has 0 saturated carbocycles. The highest BCUT2D eigenvalue weighted by Gasteiger charge is 2.08. The maximum atomic E-state index is 11.8. The van der Waals surface area contributed by atoms with Crippen molar-refractivity contribution < 1.29 is 4.79 Å². The van der Waals surface area contributed by atoms with Crippen LogP contribution in [-0.4, -0.2) is 17.2 Å². The van der Waals surface area contributed by atoms with Crippen molar-refractivity contribution in [3.05, 3.63) is 24.3 Å². The van der Waals surface area contributed by atoms with Gasteiger partial charge in [0.1, 0.15) is 0 Å². The zero-order valence-electron chi connectivity index (χ0n) is 11.7.